The molecule has 1 N–H and O–H groups in total. The molecule has 0 aliphatic carbocycles. The van der Waals surface area contributed by atoms with Crippen LogP contribution >= 0.6 is 35.0 Å². The van der Waals surface area contributed by atoms with E-state index in [-0.39, 0.29) is 15.2 Å². The first-order valence-corrected chi connectivity index (χ1v) is 11.0. The van der Waals surface area contributed by atoms with Crippen LogP contribution < -0.4 is 9.62 Å². The number of aryl methyl sites for hydroxylation is 1. The molecule has 1 aromatic heterocycles. The van der Waals surface area contributed by atoms with Gasteiger partial charge in [-0.05, 0) is 42.8 Å². The molecule has 1 aliphatic rings. The van der Waals surface area contributed by atoms with Crippen molar-refractivity contribution in [2.45, 2.75) is 11.8 Å². The third kappa shape index (κ3) is 4.34. The molecule has 0 unspecified atom stereocenters. The Balaban J connectivity index is 1.84. The van der Waals surface area contributed by atoms with Gasteiger partial charge in [-0.25, -0.2) is 13.4 Å². The molecule has 25 heavy (non-hydrogen) atoms. The number of nitrogens with zero attached hydrogens (tertiary/aromatic N) is 2. The van der Waals surface area contributed by atoms with Gasteiger partial charge in [0, 0.05) is 30.3 Å². The lowest BCUT2D eigenvalue weighted by molar-refractivity contribution is 0.601. The molecule has 1 fully saturated rings. The van der Waals surface area contributed by atoms with Crippen LogP contribution in [0.3, 0.4) is 0 Å². The predicted molar refractivity (Wildman–Crippen MR) is 106 cm³/mol. The Bertz CT molecular complexity index is 885. The van der Waals surface area contributed by atoms with Crippen molar-refractivity contribution in [3.8, 4) is 0 Å². The maximum Gasteiger partial charge on any atom is 0.264 e. The van der Waals surface area contributed by atoms with Gasteiger partial charge in [-0.15, -0.1) is 0 Å². The number of sulfonamides is 1. The second-order valence-corrected chi connectivity index (χ2v) is 9.25. The lowest BCUT2D eigenvalue weighted by Crippen LogP contribution is -2.32. The highest BCUT2D eigenvalue weighted by Crippen LogP contribution is 2.28. The van der Waals surface area contributed by atoms with Gasteiger partial charge in [-0.1, -0.05) is 23.2 Å². The second-order valence-electron chi connectivity index (χ2n) is 5.63. The molecule has 0 radical (unpaired) electrons. The SMILES string of the molecule is Cc1cc(N2CCSCC2)ccc1NS(=O)(=O)c1ccc(Cl)nc1Cl. The highest BCUT2D eigenvalue weighted by molar-refractivity contribution is 7.99. The van der Waals surface area contributed by atoms with Crippen LogP contribution in [0.15, 0.2) is 35.2 Å². The maximum atomic E-state index is 12.6. The third-order valence-corrected chi connectivity index (χ3v) is 6.85. The standard InChI is InChI=1S/C16H17Cl2N3O2S2/c1-11-10-12(21-6-8-24-9-7-21)2-3-13(11)20-25(22,23)14-4-5-15(17)19-16(14)18/h2-5,10,20H,6-9H2,1H3. The predicted octanol–water partition coefficient (Wildman–Crippen LogP) is 4.05. The molecule has 0 atom stereocenters. The van der Waals surface area contributed by atoms with Gasteiger partial charge in [0.05, 0.1) is 5.69 Å². The molecular weight excluding hydrogens is 401 g/mol. The van der Waals surface area contributed by atoms with Crippen molar-refractivity contribution in [3.05, 3.63) is 46.2 Å². The topological polar surface area (TPSA) is 62.3 Å². The summed E-state index contributed by atoms with van der Waals surface area (Å²) in [5, 5.41) is -0.00994. The fourth-order valence-electron chi connectivity index (χ4n) is 2.58. The van der Waals surface area contributed by atoms with Crippen molar-refractivity contribution >= 4 is 56.4 Å². The van der Waals surface area contributed by atoms with Crippen molar-refractivity contribution in [1.29, 1.82) is 0 Å². The molecule has 5 nitrogen and oxygen atoms in total. The first-order valence-electron chi connectivity index (χ1n) is 7.65. The summed E-state index contributed by atoms with van der Waals surface area (Å²) >= 11 is 13.6. The molecular formula is C16H17Cl2N3O2S2. The summed E-state index contributed by atoms with van der Waals surface area (Å²) in [4.78, 5) is 5.99. The van der Waals surface area contributed by atoms with Crippen molar-refractivity contribution in [2.24, 2.45) is 0 Å². The van der Waals surface area contributed by atoms with Crippen LogP contribution in [0.4, 0.5) is 11.4 Å². The van der Waals surface area contributed by atoms with Gasteiger partial charge in [0.2, 0.25) is 0 Å². The highest BCUT2D eigenvalue weighted by atomic mass is 35.5. The maximum absolute atomic E-state index is 12.6. The van der Waals surface area contributed by atoms with Crippen molar-refractivity contribution in [3.63, 3.8) is 0 Å². The first-order chi connectivity index (χ1) is 11.9. The molecule has 1 saturated heterocycles. The van der Waals surface area contributed by atoms with E-state index in [0.717, 1.165) is 35.8 Å². The molecule has 0 saturated carbocycles. The summed E-state index contributed by atoms with van der Waals surface area (Å²) in [5.74, 6) is 2.21. The van der Waals surface area contributed by atoms with Gasteiger partial charge >= 0.3 is 0 Å². The number of hydrogen-bond donors (Lipinski definition) is 1. The van der Waals surface area contributed by atoms with E-state index in [4.69, 9.17) is 23.2 Å². The monoisotopic (exact) mass is 417 g/mol. The highest BCUT2D eigenvalue weighted by Gasteiger charge is 2.20. The Morgan fingerprint density at radius 3 is 2.52 bits per heavy atom. The number of thioether (sulfide) groups is 1. The van der Waals surface area contributed by atoms with Crippen molar-refractivity contribution in [1.82, 2.24) is 4.98 Å². The normalized spacial score (nSPS) is 15.2. The van der Waals surface area contributed by atoms with Crippen LogP contribution in [0.25, 0.3) is 0 Å². The fraction of sp³-hybridized carbons (Fsp3) is 0.312. The summed E-state index contributed by atoms with van der Waals surface area (Å²) in [6.45, 7) is 3.88. The lowest BCUT2D eigenvalue weighted by Gasteiger charge is -2.29. The zero-order valence-electron chi connectivity index (χ0n) is 13.5. The smallest absolute Gasteiger partial charge is 0.264 e. The zero-order chi connectivity index (χ0) is 18.0. The number of benzene rings is 1. The molecule has 0 bridgehead atoms. The quantitative estimate of drug-likeness (QED) is 0.760. The van der Waals surface area contributed by atoms with Gasteiger partial charge in [0.25, 0.3) is 10.0 Å². The van der Waals surface area contributed by atoms with Gasteiger partial charge < -0.3 is 4.90 Å². The molecule has 1 aliphatic heterocycles. The summed E-state index contributed by atoms with van der Waals surface area (Å²) in [6, 6.07) is 8.45. The number of aromatic nitrogens is 1. The van der Waals surface area contributed by atoms with E-state index < -0.39 is 10.0 Å². The van der Waals surface area contributed by atoms with E-state index in [1.54, 1.807) is 6.07 Å². The van der Waals surface area contributed by atoms with E-state index in [9.17, 15) is 8.42 Å². The average Bonchev–Trinajstić information content (AvgIpc) is 2.57. The van der Waals surface area contributed by atoms with Crippen LogP contribution in [0.2, 0.25) is 10.3 Å². The first kappa shape index (κ1) is 18.6. The molecule has 9 heteroatoms. The largest absolute Gasteiger partial charge is 0.370 e. The van der Waals surface area contributed by atoms with Crippen LogP contribution in [-0.2, 0) is 10.0 Å². The zero-order valence-corrected chi connectivity index (χ0v) is 16.6. The summed E-state index contributed by atoms with van der Waals surface area (Å²) in [7, 11) is -3.84. The lowest BCUT2D eigenvalue weighted by atomic mass is 10.1. The minimum atomic E-state index is -3.84. The number of rotatable bonds is 4. The number of nitrogens with one attached hydrogen (secondary N) is 1. The van der Waals surface area contributed by atoms with E-state index in [0.29, 0.717) is 5.69 Å². The summed E-state index contributed by atoms with van der Waals surface area (Å²) in [6.07, 6.45) is 0. The van der Waals surface area contributed by atoms with E-state index in [1.807, 2.05) is 30.8 Å². The van der Waals surface area contributed by atoms with Gasteiger partial charge in [-0.3, -0.25) is 4.72 Å². The average molecular weight is 418 g/mol. The van der Waals surface area contributed by atoms with Crippen LogP contribution in [0.1, 0.15) is 5.56 Å². The van der Waals surface area contributed by atoms with E-state index in [2.05, 4.69) is 14.6 Å². The van der Waals surface area contributed by atoms with Crippen molar-refractivity contribution in [2.75, 3.05) is 34.2 Å². The van der Waals surface area contributed by atoms with E-state index in [1.165, 1.54) is 12.1 Å². The Morgan fingerprint density at radius 2 is 1.88 bits per heavy atom. The van der Waals surface area contributed by atoms with Gasteiger partial charge in [0.1, 0.15) is 10.0 Å². The molecule has 3 rings (SSSR count). The minimum absolute atomic E-state index is 0.102. The van der Waals surface area contributed by atoms with Gasteiger partial charge in [-0.2, -0.15) is 11.8 Å². The number of pyridine rings is 1. The van der Waals surface area contributed by atoms with E-state index >= 15 is 0 Å². The molecule has 1 aromatic carbocycles. The Labute approximate surface area is 161 Å². The van der Waals surface area contributed by atoms with Crippen LogP contribution in [0.5, 0.6) is 0 Å². The summed E-state index contributed by atoms with van der Waals surface area (Å²) in [5.41, 5.74) is 2.46. The Hall–Kier alpha value is -1.15. The molecule has 0 spiro atoms. The Morgan fingerprint density at radius 1 is 1.16 bits per heavy atom. The van der Waals surface area contributed by atoms with Crippen LogP contribution in [0, 0.1) is 6.92 Å². The number of hydrogen-bond acceptors (Lipinski definition) is 5. The minimum Gasteiger partial charge on any atom is -0.370 e. The molecule has 2 heterocycles. The second kappa shape index (κ2) is 7.61. The van der Waals surface area contributed by atoms with Gasteiger partial charge in [0.15, 0.2) is 5.15 Å². The molecule has 134 valence electrons. The number of halogens is 2. The van der Waals surface area contributed by atoms with Crippen molar-refractivity contribution < 1.29 is 8.42 Å². The fourth-order valence-corrected chi connectivity index (χ4v) is 5.28. The summed E-state index contributed by atoms with van der Waals surface area (Å²) < 4.78 is 27.7. The number of anilines is 2. The Kier molecular flexibility index (Phi) is 5.68. The molecule has 2 aromatic rings. The molecule has 0 amide bonds. The van der Waals surface area contributed by atoms with Crippen LogP contribution in [-0.4, -0.2) is 38.0 Å². The third-order valence-electron chi connectivity index (χ3n) is 3.90.